The number of hydrogen-bond donors (Lipinski definition) is 0. The Morgan fingerprint density at radius 1 is 0.604 bits per heavy atom. The Kier molecular flexibility index (Phi) is 15.1. The third-order valence-corrected chi connectivity index (χ3v) is 14.3. The van der Waals surface area contributed by atoms with Crippen LogP contribution >= 0.6 is 31.1 Å². The smallest absolute Gasteiger partial charge is 0.222 e. The maximum atomic E-state index is 13.3. The molecule has 0 saturated heterocycles. The summed E-state index contributed by atoms with van der Waals surface area (Å²) in [7, 11) is 1.43. The van der Waals surface area contributed by atoms with Gasteiger partial charge in [0.1, 0.15) is 0 Å². The van der Waals surface area contributed by atoms with E-state index in [1.54, 1.807) is 0 Å². The molecule has 5 heteroatoms. The molecule has 1 aliphatic rings. The molecule has 53 heavy (non-hydrogen) atoms. The molecule has 0 spiro atoms. The number of aryl methyl sites for hydroxylation is 1. The van der Waals surface area contributed by atoms with E-state index in [9.17, 15) is 4.79 Å². The molecule has 5 aromatic carbocycles. The van der Waals surface area contributed by atoms with E-state index in [1.807, 2.05) is 24.1 Å². The van der Waals surface area contributed by atoms with Crippen LogP contribution in [0.15, 0.2) is 127 Å². The van der Waals surface area contributed by atoms with Gasteiger partial charge in [-0.1, -0.05) is 190 Å². The van der Waals surface area contributed by atoms with Gasteiger partial charge < -0.3 is 4.90 Å². The number of carbonyl (C=O) groups is 1. The first-order valence-electron chi connectivity index (χ1n) is 19.8. The highest BCUT2D eigenvalue weighted by atomic mass is 35.5. The fraction of sp³-hybridized carbons (Fsp3) is 0.354. The van der Waals surface area contributed by atoms with Gasteiger partial charge in [0.05, 0.1) is 16.1 Å². The highest BCUT2D eigenvalue weighted by Crippen LogP contribution is 2.44. The van der Waals surface area contributed by atoms with E-state index in [4.69, 9.17) is 23.2 Å². The molecule has 0 fully saturated rings. The van der Waals surface area contributed by atoms with Crippen LogP contribution in [0.2, 0.25) is 10.0 Å². The van der Waals surface area contributed by atoms with E-state index in [1.165, 1.54) is 89.5 Å². The van der Waals surface area contributed by atoms with E-state index in [2.05, 4.69) is 115 Å². The Hall–Kier alpha value is -3.42. The molecule has 2 atom stereocenters. The number of amides is 1. The Morgan fingerprint density at radius 2 is 1.15 bits per heavy atom. The fourth-order valence-electron chi connectivity index (χ4n) is 8.12. The maximum Gasteiger partial charge on any atom is 0.222 e. The minimum absolute atomic E-state index is 0.119. The number of unbranched alkanes of at least 4 members (excludes halogenated alkanes) is 9. The highest BCUT2D eigenvalue weighted by molar-refractivity contribution is 7.79. The van der Waals surface area contributed by atoms with Crippen LogP contribution in [-0.2, 0) is 11.2 Å². The molecule has 0 heterocycles. The van der Waals surface area contributed by atoms with Gasteiger partial charge in [-0.15, -0.1) is 0 Å². The second kappa shape index (κ2) is 20.3. The van der Waals surface area contributed by atoms with Crippen LogP contribution in [0.4, 0.5) is 0 Å². The molecule has 1 amide bonds. The van der Waals surface area contributed by atoms with E-state index in [0.29, 0.717) is 16.5 Å². The van der Waals surface area contributed by atoms with Crippen LogP contribution in [0, 0.1) is 0 Å². The lowest BCUT2D eigenvalue weighted by molar-refractivity contribution is -0.132. The lowest BCUT2D eigenvalue weighted by Crippen LogP contribution is -2.34. The third-order valence-electron chi connectivity index (χ3n) is 11.0. The van der Waals surface area contributed by atoms with Crippen LogP contribution in [-0.4, -0.2) is 17.9 Å². The van der Waals surface area contributed by atoms with Crippen molar-refractivity contribution in [2.45, 2.75) is 102 Å². The van der Waals surface area contributed by atoms with Gasteiger partial charge in [-0.2, -0.15) is 0 Å². The van der Waals surface area contributed by atoms with Gasteiger partial charge in [-0.3, -0.25) is 4.79 Å². The summed E-state index contributed by atoms with van der Waals surface area (Å²) in [5.41, 5.74) is 5.25. The largest absolute Gasteiger partial charge is 0.339 e. The number of hydrogen-bond acceptors (Lipinski definition) is 1. The zero-order valence-corrected chi connectivity index (χ0v) is 33.6. The van der Waals surface area contributed by atoms with Crippen molar-refractivity contribution < 1.29 is 4.79 Å². The van der Waals surface area contributed by atoms with Gasteiger partial charge in [0, 0.05) is 19.4 Å². The predicted molar refractivity (Wildman–Crippen MR) is 229 cm³/mol. The Labute approximate surface area is 329 Å². The zero-order valence-electron chi connectivity index (χ0n) is 31.2. The average molecular weight is 763 g/mol. The third kappa shape index (κ3) is 10.6. The van der Waals surface area contributed by atoms with E-state index >= 15 is 0 Å². The van der Waals surface area contributed by atoms with Crippen LogP contribution in [0.5, 0.6) is 0 Å². The Morgan fingerprint density at radius 3 is 1.79 bits per heavy atom. The van der Waals surface area contributed by atoms with Gasteiger partial charge in [0.2, 0.25) is 5.91 Å². The quantitative estimate of drug-likeness (QED) is 0.0643. The summed E-state index contributed by atoms with van der Waals surface area (Å²) in [6, 6.07) is 45.9. The van der Waals surface area contributed by atoms with Crippen molar-refractivity contribution in [1.29, 1.82) is 0 Å². The summed E-state index contributed by atoms with van der Waals surface area (Å²) < 4.78 is 0. The molecular weight excluding hydrogens is 708 g/mol. The van der Waals surface area contributed by atoms with Crippen molar-refractivity contribution in [3.8, 4) is 0 Å². The van der Waals surface area contributed by atoms with Crippen molar-refractivity contribution in [1.82, 2.24) is 4.90 Å². The number of halogens is 2. The molecule has 5 aromatic rings. The van der Waals surface area contributed by atoms with Crippen LogP contribution in [0.25, 0.3) is 0 Å². The molecule has 0 aliphatic heterocycles. The summed E-state index contributed by atoms with van der Waals surface area (Å²) >= 11 is 12.6. The number of benzene rings is 5. The molecule has 276 valence electrons. The van der Waals surface area contributed by atoms with Crippen molar-refractivity contribution in [2.75, 3.05) is 7.05 Å². The molecule has 1 aliphatic carbocycles. The van der Waals surface area contributed by atoms with Gasteiger partial charge in [-0.25, -0.2) is 0 Å². The summed E-state index contributed by atoms with van der Waals surface area (Å²) in [6.07, 6.45) is 16.1. The topological polar surface area (TPSA) is 20.3 Å². The Balaban J connectivity index is 0.865. The molecule has 0 radical (unpaired) electrons. The van der Waals surface area contributed by atoms with Gasteiger partial charge in [0.25, 0.3) is 0 Å². The molecule has 0 N–H and O–H groups in total. The standard InChI is InChI=1S/C48H54Cl2NOP/c1-51(46-35-33-41(42-28-19-20-29-43(42)46)38-32-34-44(49)45(50)36-38)48(52)31-17-9-7-5-3-2-4-6-8-12-22-37-23-18-21-30-47(37)53(39-24-13-10-14-25-39)40-26-15-11-16-27-40/h10-11,13-16,18-21,23-30,32,34,36,41,46H,2-9,12,17,22,31,33,35H2,1H3/t41-,46-/m0/s1. The van der Waals surface area contributed by atoms with Crippen LogP contribution in [0.3, 0.4) is 0 Å². The minimum atomic E-state index is -0.564. The number of fused-ring (bicyclic) bond motifs is 1. The first-order valence-corrected chi connectivity index (χ1v) is 21.9. The number of rotatable bonds is 18. The first kappa shape index (κ1) is 39.3. The summed E-state index contributed by atoms with van der Waals surface area (Å²) in [6.45, 7) is 0. The zero-order chi connectivity index (χ0) is 36.8. The Bertz CT molecular complexity index is 1840. The van der Waals surface area contributed by atoms with Crippen LogP contribution < -0.4 is 15.9 Å². The predicted octanol–water partition coefficient (Wildman–Crippen LogP) is 12.7. The second-order valence-electron chi connectivity index (χ2n) is 14.6. The summed E-state index contributed by atoms with van der Waals surface area (Å²) in [4.78, 5) is 15.3. The monoisotopic (exact) mass is 761 g/mol. The molecule has 0 unspecified atom stereocenters. The fourth-order valence-corrected chi connectivity index (χ4v) is 10.9. The molecule has 0 aromatic heterocycles. The van der Waals surface area contributed by atoms with E-state index in [0.717, 1.165) is 32.1 Å². The van der Waals surface area contributed by atoms with Crippen molar-refractivity contribution in [3.63, 3.8) is 0 Å². The lowest BCUT2D eigenvalue weighted by Gasteiger charge is -2.37. The summed E-state index contributed by atoms with van der Waals surface area (Å²) in [5, 5.41) is 5.52. The highest BCUT2D eigenvalue weighted by Gasteiger charge is 2.32. The molecule has 0 bridgehead atoms. The minimum Gasteiger partial charge on any atom is -0.339 e. The number of nitrogens with zero attached hydrogens (tertiary/aromatic N) is 1. The van der Waals surface area contributed by atoms with Crippen molar-refractivity contribution in [2.24, 2.45) is 0 Å². The first-order chi connectivity index (χ1) is 26.0. The molecule has 6 rings (SSSR count). The maximum absolute atomic E-state index is 13.3. The van der Waals surface area contributed by atoms with E-state index < -0.39 is 7.92 Å². The summed E-state index contributed by atoms with van der Waals surface area (Å²) in [5.74, 6) is 0.527. The van der Waals surface area contributed by atoms with E-state index in [-0.39, 0.29) is 17.9 Å². The van der Waals surface area contributed by atoms with Crippen LogP contribution in [0.1, 0.15) is 118 Å². The van der Waals surface area contributed by atoms with Crippen molar-refractivity contribution in [3.05, 3.63) is 160 Å². The molecule has 2 nitrogen and oxygen atoms in total. The van der Waals surface area contributed by atoms with Gasteiger partial charge in [-0.05, 0) is 90.3 Å². The van der Waals surface area contributed by atoms with Gasteiger partial charge >= 0.3 is 0 Å². The average Bonchev–Trinajstić information content (AvgIpc) is 3.20. The molecular formula is C48H54Cl2NOP. The normalized spacial score (nSPS) is 15.3. The molecule has 0 saturated carbocycles. The SMILES string of the molecule is CN(C(=O)CCCCCCCCCCCCc1ccccc1P(c1ccccc1)c1ccccc1)[C@H]1CC[C@@H](c2ccc(Cl)c(Cl)c2)c2ccccc21. The second-order valence-corrected chi connectivity index (χ2v) is 17.6. The number of carbonyl (C=O) groups excluding carboxylic acids is 1. The lowest BCUT2D eigenvalue weighted by atomic mass is 9.76. The van der Waals surface area contributed by atoms with Gasteiger partial charge in [0.15, 0.2) is 0 Å². The van der Waals surface area contributed by atoms with Crippen molar-refractivity contribution >= 4 is 52.9 Å².